The van der Waals surface area contributed by atoms with Gasteiger partial charge in [-0.3, -0.25) is 9.54 Å². The van der Waals surface area contributed by atoms with E-state index in [4.69, 9.17) is 14.2 Å². The summed E-state index contributed by atoms with van der Waals surface area (Å²) >= 11 is 0. The van der Waals surface area contributed by atoms with Crippen LogP contribution in [0.5, 0.6) is 11.5 Å². The predicted octanol–water partition coefficient (Wildman–Crippen LogP) is 0.508. The van der Waals surface area contributed by atoms with Gasteiger partial charge < -0.3 is 24.4 Å². The van der Waals surface area contributed by atoms with Crippen LogP contribution >= 0.6 is 0 Å². The average molecular weight is 397 g/mol. The SMILES string of the molecule is Cc1ncccc1O[C@@H]1[C@@H](O)[C@H](Oc2ccccc2)OC(S(=O)(=O)O)[C@H]1O. The zero-order chi connectivity index (χ0) is 19.6. The van der Waals surface area contributed by atoms with E-state index in [9.17, 15) is 23.2 Å². The second kappa shape index (κ2) is 7.79. The Morgan fingerprint density at radius 3 is 2.37 bits per heavy atom. The second-order valence-corrected chi connectivity index (χ2v) is 7.46. The van der Waals surface area contributed by atoms with Gasteiger partial charge in [0, 0.05) is 6.20 Å². The van der Waals surface area contributed by atoms with Crippen LogP contribution in [0.3, 0.4) is 0 Å². The quantitative estimate of drug-likeness (QED) is 0.617. The molecule has 1 aromatic carbocycles. The lowest BCUT2D eigenvalue weighted by Gasteiger charge is -2.40. The van der Waals surface area contributed by atoms with Crippen molar-refractivity contribution in [3.8, 4) is 11.5 Å². The van der Waals surface area contributed by atoms with Crippen LogP contribution in [0, 0.1) is 6.92 Å². The Bertz CT molecular complexity index is 876. The summed E-state index contributed by atoms with van der Waals surface area (Å²) in [6.07, 6.45) is -4.86. The number of aliphatic hydroxyl groups is 2. The second-order valence-electron chi connectivity index (χ2n) is 5.97. The molecule has 2 aromatic rings. The predicted molar refractivity (Wildman–Crippen MR) is 92.7 cm³/mol. The molecule has 2 heterocycles. The summed E-state index contributed by atoms with van der Waals surface area (Å²) in [5, 5.41) is 20.9. The molecule has 1 aliphatic rings. The van der Waals surface area contributed by atoms with E-state index in [0.29, 0.717) is 11.4 Å². The summed E-state index contributed by atoms with van der Waals surface area (Å²) in [4.78, 5) is 4.03. The highest BCUT2D eigenvalue weighted by molar-refractivity contribution is 7.86. The monoisotopic (exact) mass is 397 g/mol. The van der Waals surface area contributed by atoms with Crippen LogP contribution in [0.1, 0.15) is 5.69 Å². The third-order valence-electron chi connectivity index (χ3n) is 4.01. The van der Waals surface area contributed by atoms with Crippen molar-refractivity contribution >= 4 is 10.1 Å². The molecular weight excluding hydrogens is 378 g/mol. The normalized spacial score (nSPS) is 28.5. The van der Waals surface area contributed by atoms with Crippen LogP contribution in [-0.4, -0.2) is 58.2 Å². The Morgan fingerprint density at radius 2 is 1.74 bits per heavy atom. The Balaban J connectivity index is 1.90. The van der Waals surface area contributed by atoms with Crippen molar-refractivity contribution in [1.82, 2.24) is 4.98 Å². The average Bonchev–Trinajstić information content (AvgIpc) is 2.62. The van der Waals surface area contributed by atoms with E-state index in [0.717, 1.165) is 0 Å². The lowest BCUT2D eigenvalue weighted by atomic mass is 10.0. The van der Waals surface area contributed by atoms with E-state index in [1.54, 1.807) is 49.4 Å². The van der Waals surface area contributed by atoms with Crippen molar-refractivity contribution in [1.29, 1.82) is 0 Å². The standard InChI is InChI=1S/C17H19NO8S/c1-10-12(8-5-9-18-10)25-15-13(19)16(24-11-6-3-2-4-7-11)26-17(14(15)20)27(21,22)23/h2-9,13-17,19-20H,1H3,(H,21,22,23)/t13-,14+,15-,16-,17?/m1/s1. The summed E-state index contributed by atoms with van der Waals surface area (Å²) in [6, 6.07) is 11.4. The Morgan fingerprint density at radius 1 is 1.04 bits per heavy atom. The van der Waals surface area contributed by atoms with Gasteiger partial charge in [0.05, 0.1) is 5.69 Å². The van der Waals surface area contributed by atoms with E-state index in [1.807, 2.05) is 0 Å². The fraction of sp³-hybridized carbons (Fsp3) is 0.353. The van der Waals surface area contributed by atoms with Crippen molar-refractivity contribution in [2.75, 3.05) is 0 Å². The number of ether oxygens (including phenoxy) is 3. The number of hydrogen-bond acceptors (Lipinski definition) is 8. The lowest BCUT2D eigenvalue weighted by Crippen LogP contribution is -2.62. The summed E-state index contributed by atoms with van der Waals surface area (Å²) in [6.45, 7) is 1.64. The van der Waals surface area contributed by atoms with Crippen LogP contribution in [0.15, 0.2) is 48.7 Å². The highest BCUT2D eigenvalue weighted by Crippen LogP contribution is 2.30. The van der Waals surface area contributed by atoms with E-state index in [-0.39, 0.29) is 5.75 Å². The Hall–Kier alpha value is -2.24. The number of aryl methyl sites for hydroxylation is 1. The first-order valence-electron chi connectivity index (χ1n) is 8.05. The Kier molecular flexibility index (Phi) is 5.63. The van der Waals surface area contributed by atoms with Gasteiger partial charge in [-0.1, -0.05) is 18.2 Å². The molecule has 5 atom stereocenters. The van der Waals surface area contributed by atoms with Gasteiger partial charge in [-0.05, 0) is 31.2 Å². The lowest BCUT2D eigenvalue weighted by molar-refractivity contribution is -0.249. The topological polar surface area (TPSA) is 135 Å². The third-order valence-corrected chi connectivity index (χ3v) is 4.99. The molecule has 27 heavy (non-hydrogen) atoms. The van der Waals surface area contributed by atoms with E-state index in [2.05, 4.69) is 4.98 Å². The van der Waals surface area contributed by atoms with Crippen LogP contribution in [0.2, 0.25) is 0 Å². The molecule has 0 spiro atoms. The first kappa shape index (κ1) is 19.5. The first-order valence-corrected chi connectivity index (χ1v) is 9.55. The zero-order valence-electron chi connectivity index (χ0n) is 14.2. The number of nitrogens with zero attached hydrogens (tertiary/aromatic N) is 1. The molecule has 0 saturated carbocycles. The number of rotatable bonds is 5. The Labute approximate surface area is 155 Å². The first-order chi connectivity index (χ1) is 12.8. The number of para-hydroxylation sites is 1. The van der Waals surface area contributed by atoms with E-state index < -0.39 is 40.2 Å². The molecule has 0 aliphatic carbocycles. The highest BCUT2D eigenvalue weighted by atomic mass is 32.2. The van der Waals surface area contributed by atoms with Crippen molar-refractivity contribution in [3.63, 3.8) is 0 Å². The third kappa shape index (κ3) is 4.37. The molecule has 9 nitrogen and oxygen atoms in total. The van der Waals surface area contributed by atoms with Crippen molar-refractivity contribution in [2.45, 2.75) is 37.0 Å². The number of hydrogen-bond donors (Lipinski definition) is 3. The number of aliphatic hydroxyl groups excluding tert-OH is 2. The van der Waals surface area contributed by atoms with Crippen LogP contribution in [0.25, 0.3) is 0 Å². The molecular formula is C17H19NO8S. The number of benzene rings is 1. The minimum Gasteiger partial charge on any atom is -0.483 e. The number of pyridine rings is 1. The van der Waals surface area contributed by atoms with Crippen molar-refractivity contribution in [3.05, 3.63) is 54.4 Å². The van der Waals surface area contributed by atoms with Gasteiger partial charge in [0.25, 0.3) is 10.1 Å². The summed E-state index contributed by atoms with van der Waals surface area (Å²) in [5.74, 6) is 0.526. The van der Waals surface area contributed by atoms with Gasteiger partial charge >= 0.3 is 0 Å². The molecule has 1 saturated heterocycles. The molecule has 10 heteroatoms. The molecule has 3 rings (SSSR count). The van der Waals surface area contributed by atoms with Gasteiger partial charge in [-0.15, -0.1) is 0 Å². The van der Waals surface area contributed by atoms with Gasteiger partial charge in [0.1, 0.15) is 17.6 Å². The van der Waals surface area contributed by atoms with E-state index >= 15 is 0 Å². The smallest absolute Gasteiger partial charge is 0.295 e. The summed E-state index contributed by atoms with van der Waals surface area (Å²) < 4.78 is 48.9. The van der Waals surface area contributed by atoms with Crippen LogP contribution in [-0.2, 0) is 14.9 Å². The summed E-state index contributed by atoms with van der Waals surface area (Å²) in [7, 11) is -4.82. The van der Waals surface area contributed by atoms with Gasteiger partial charge in [-0.2, -0.15) is 8.42 Å². The van der Waals surface area contributed by atoms with Crippen LogP contribution < -0.4 is 9.47 Å². The fourth-order valence-electron chi connectivity index (χ4n) is 2.66. The van der Waals surface area contributed by atoms with E-state index in [1.165, 1.54) is 6.20 Å². The maximum absolute atomic E-state index is 11.6. The molecule has 146 valence electrons. The van der Waals surface area contributed by atoms with Gasteiger partial charge in [-0.25, -0.2) is 0 Å². The van der Waals surface area contributed by atoms with Crippen molar-refractivity contribution < 1.29 is 37.4 Å². The summed E-state index contributed by atoms with van der Waals surface area (Å²) in [5.41, 5.74) is -1.59. The molecule has 0 amide bonds. The largest absolute Gasteiger partial charge is 0.483 e. The molecule has 0 bridgehead atoms. The number of aromatic nitrogens is 1. The molecule has 1 fully saturated rings. The van der Waals surface area contributed by atoms with Crippen LogP contribution in [0.4, 0.5) is 0 Å². The maximum Gasteiger partial charge on any atom is 0.295 e. The molecule has 1 aliphatic heterocycles. The van der Waals surface area contributed by atoms with Crippen molar-refractivity contribution in [2.24, 2.45) is 0 Å². The highest BCUT2D eigenvalue weighted by Gasteiger charge is 2.52. The zero-order valence-corrected chi connectivity index (χ0v) is 15.1. The molecule has 1 aromatic heterocycles. The van der Waals surface area contributed by atoms with Gasteiger partial charge in [0.2, 0.25) is 11.7 Å². The molecule has 0 radical (unpaired) electrons. The molecule has 1 unspecified atom stereocenters. The minimum atomic E-state index is -4.82. The van der Waals surface area contributed by atoms with Gasteiger partial charge in [0.15, 0.2) is 12.2 Å². The fourth-order valence-corrected chi connectivity index (χ4v) is 3.42. The molecule has 3 N–H and O–H groups in total. The maximum atomic E-state index is 11.6. The minimum absolute atomic E-state index is 0.232.